The minimum absolute atomic E-state index is 0.104. The first kappa shape index (κ1) is 26.7. The molecule has 0 fully saturated rings. The molecule has 0 bridgehead atoms. The molecule has 0 heterocycles. The van der Waals surface area contributed by atoms with Crippen molar-refractivity contribution in [3.05, 3.63) is 0 Å². The molecule has 0 atom stereocenters. The number of hydrogen-bond donors (Lipinski definition) is 0. The van der Waals surface area contributed by atoms with E-state index in [2.05, 4.69) is 47.8 Å². The number of ether oxygens (including phenoxy) is 6. The third-order valence-electron chi connectivity index (χ3n) is 2.62. The van der Waals surface area contributed by atoms with Crippen molar-refractivity contribution in [1.29, 1.82) is 0 Å². The Balaban J connectivity index is 4.02. The van der Waals surface area contributed by atoms with E-state index in [9.17, 15) is 14.4 Å². The summed E-state index contributed by atoms with van der Waals surface area (Å²) >= 11 is 8.97. The molecule has 158 valence electrons. The van der Waals surface area contributed by atoms with E-state index in [1.54, 1.807) is 0 Å². The van der Waals surface area contributed by atoms with Crippen LogP contribution in [0.15, 0.2) is 0 Å². The number of halogens is 3. The molecule has 0 spiro atoms. The molecular weight excluding hydrogens is 564 g/mol. The molecule has 0 rings (SSSR count). The number of carbonyl (C=O) groups excluding carboxylic acids is 3. The van der Waals surface area contributed by atoms with Crippen LogP contribution in [-0.4, -0.2) is 92.9 Å². The van der Waals surface area contributed by atoms with Gasteiger partial charge in [0.1, 0.15) is 41.9 Å². The van der Waals surface area contributed by atoms with E-state index in [4.69, 9.17) is 28.4 Å². The van der Waals surface area contributed by atoms with Gasteiger partial charge in [0.15, 0.2) is 0 Å². The van der Waals surface area contributed by atoms with Crippen LogP contribution < -0.4 is 0 Å². The number of hydrogen-bond acceptors (Lipinski definition) is 9. The van der Waals surface area contributed by atoms with Crippen LogP contribution in [-0.2, 0) is 42.8 Å². The van der Waals surface area contributed by atoms with Crippen LogP contribution in [0.2, 0.25) is 0 Å². The van der Waals surface area contributed by atoms with Gasteiger partial charge in [0.25, 0.3) is 0 Å². The van der Waals surface area contributed by atoms with E-state index in [0.29, 0.717) is 0 Å². The van der Waals surface area contributed by atoms with Crippen LogP contribution in [0.3, 0.4) is 0 Å². The highest BCUT2D eigenvalue weighted by molar-refractivity contribution is 9.09. The van der Waals surface area contributed by atoms with E-state index in [0.717, 1.165) is 0 Å². The highest BCUT2D eigenvalue weighted by atomic mass is 79.9. The van der Waals surface area contributed by atoms with Gasteiger partial charge in [-0.15, -0.1) is 0 Å². The lowest BCUT2D eigenvalue weighted by Gasteiger charge is -2.18. The Labute approximate surface area is 183 Å². The topological polar surface area (TPSA) is 107 Å². The highest BCUT2D eigenvalue weighted by Gasteiger charge is 2.11. The van der Waals surface area contributed by atoms with Gasteiger partial charge in [0, 0.05) is 0 Å². The molecule has 0 aliphatic carbocycles. The first-order valence-electron chi connectivity index (χ1n) is 7.95. The zero-order chi connectivity index (χ0) is 20.3. The predicted molar refractivity (Wildman–Crippen MR) is 106 cm³/mol. The predicted octanol–water partition coefficient (Wildman–Crippen LogP) is 1.22. The Bertz CT molecular complexity index is 397. The molecule has 0 unspecified atom stereocenters. The molecule has 27 heavy (non-hydrogen) atoms. The summed E-state index contributed by atoms with van der Waals surface area (Å²) in [7, 11) is 0. The first-order valence-corrected chi connectivity index (χ1v) is 11.3. The summed E-state index contributed by atoms with van der Waals surface area (Å²) < 4.78 is 31.0. The molecule has 0 aromatic heterocycles. The fourth-order valence-corrected chi connectivity index (χ4v) is 1.97. The van der Waals surface area contributed by atoms with Crippen LogP contribution in [0, 0.1) is 0 Å². The van der Waals surface area contributed by atoms with Crippen LogP contribution in [0.1, 0.15) is 0 Å². The molecule has 0 aliphatic heterocycles. The van der Waals surface area contributed by atoms with Crippen LogP contribution in [0.25, 0.3) is 0 Å². The van der Waals surface area contributed by atoms with Crippen molar-refractivity contribution < 1.29 is 42.8 Å². The molecule has 12 heteroatoms. The van der Waals surface area contributed by atoms with E-state index >= 15 is 0 Å². The Morgan fingerprint density at radius 3 is 1.33 bits per heavy atom. The second-order valence-corrected chi connectivity index (χ2v) is 6.39. The average Bonchev–Trinajstić information content (AvgIpc) is 2.68. The van der Waals surface area contributed by atoms with Gasteiger partial charge in [-0.2, -0.15) is 0 Å². The van der Waals surface area contributed by atoms with Gasteiger partial charge < -0.3 is 28.4 Å². The summed E-state index contributed by atoms with van der Waals surface area (Å²) in [6.07, 6.45) is -0.425. The largest absolute Gasteiger partial charge is 0.463 e. The maximum absolute atomic E-state index is 11.0. The summed E-state index contributed by atoms with van der Waals surface area (Å²) in [5, 5.41) is 0.363. The van der Waals surface area contributed by atoms with Crippen LogP contribution >= 0.6 is 47.8 Å². The molecule has 0 radical (unpaired) electrons. The summed E-state index contributed by atoms with van der Waals surface area (Å²) in [5.74, 6) is -1.13. The van der Waals surface area contributed by atoms with Gasteiger partial charge in [-0.25, -0.2) is 0 Å². The van der Waals surface area contributed by atoms with Crippen molar-refractivity contribution >= 4 is 65.7 Å². The minimum atomic E-state index is -0.425. The summed E-state index contributed by atoms with van der Waals surface area (Å²) in [5.41, 5.74) is 0. The number of carbonyl (C=O) groups is 3. The Kier molecular flexibility index (Phi) is 18.9. The lowest BCUT2D eigenvalue weighted by atomic mass is 10.4. The van der Waals surface area contributed by atoms with E-state index in [1.807, 2.05) is 0 Å². The molecule has 0 saturated carbocycles. The van der Waals surface area contributed by atoms with E-state index in [1.165, 1.54) is 0 Å². The molecule has 0 N–H and O–H groups in total. The van der Waals surface area contributed by atoms with Gasteiger partial charge >= 0.3 is 17.9 Å². The third-order valence-corrected chi connectivity index (χ3v) is 3.99. The SMILES string of the molecule is O=C(CBr)OCCOCC(COCCOC(=O)CBr)OCCOC(=O)CBr. The van der Waals surface area contributed by atoms with Gasteiger partial charge in [-0.05, 0) is 0 Å². The standard InChI is InChI=1S/C15H23Br3O9/c16-7-13(19)25-3-1-22-10-12(24-5-6-27-15(21)9-18)11-23-2-4-26-14(20)8-17/h12H,1-11H2. The maximum atomic E-state index is 11.0. The van der Waals surface area contributed by atoms with Crippen LogP contribution in [0.4, 0.5) is 0 Å². The van der Waals surface area contributed by atoms with Crippen molar-refractivity contribution in [2.24, 2.45) is 0 Å². The summed E-state index contributed by atoms with van der Waals surface area (Å²) in [4.78, 5) is 33.0. The molecule has 0 amide bonds. The Hall–Kier alpha value is -0.270. The van der Waals surface area contributed by atoms with E-state index in [-0.39, 0.29) is 86.8 Å². The number of alkyl halides is 3. The van der Waals surface area contributed by atoms with Crippen molar-refractivity contribution in [2.75, 3.05) is 68.8 Å². The minimum Gasteiger partial charge on any atom is -0.463 e. The number of rotatable bonds is 17. The van der Waals surface area contributed by atoms with E-state index < -0.39 is 6.10 Å². The quantitative estimate of drug-likeness (QED) is 0.108. The van der Waals surface area contributed by atoms with Crippen LogP contribution in [0.5, 0.6) is 0 Å². The van der Waals surface area contributed by atoms with Crippen molar-refractivity contribution in [1.82, 2.24) is 0 Å². The van der Waals surface area contributed by atoms with Crippen molar-refractivity contribution in [2.45, 2.75) is 6.10 Å². The van der Waals surface area contributed by atoms with Gasteiger partial charge in [0.05, 0.1) is 33.0 Å². The second-order valence-electron chi connectivity index (χ2n) is 4.70. The zero-order valence-electron chi connectivity index (χ0n) is 14.7. The summed E-state index contributed by atoms with van der Waals surface area (Å²) in [6, 6.07) is 0. The maximum Gasteiger partial charge on any atom is 0.316 e. The molecule has 0 aliphatic rings. The normalized spacial score (nSPS) is 10.7. The van der Waals surface area contributed by atoms with Gasteiger partial charge in [-0.3, -0.25) is 14.4 Å². The Morgan fingerprint density at radius 1 is 0.593 bits per heavy atom. The summed E-state index contributed by atoms with van der Waals surface area (Å²) in [6.45, 7) is 1.34. The molecule has 0 saturated heterocycles. The Morgan fingerprint density at radius 2 is 0.963 bits per heavy atom. The van der Waals surface area contributed by atoms with Gasteiger partial charge in [0.2, 0.25) is 0 Å². The fraction of sp³-hybridized carbons (Fsp3) is 0.800. The lowest BCUT2D eigenvalue weighted by molar-refractivity contribution is -0.147. The van der Waals surface area contributed by atoms with Crippen molar-refractivity contribution in [3.8, 4) is 0 Å². The first-order chi connectivity index (χ1) is 13.0. The zero-order valence-corrected chi connectivity index (χ0v) is 19.4. The average molecular weight is 587 g/mol. The third kappa shape index (κ3) is 17.6. The van der Waals surface area contributed by atoms with Gasteiger partial charge in [-0.1, -0.05) is 47.8 Å². The molecule has 9 nitrogen and oxygen atoms in total. The number of esters is 3. The molecular formula is C15H23Br3O9. The molecule has 0 aromatic rings. The molecule has 0 aromatic carbocycles. The smallest absolute Gasteiger partial charge is 0.316 e. The monoisotopic (exact) mass is 584 g/mol. The lowest BCUT2D eigenvalue weighted by Crippen LogP contribution is -2.29. The highest BCUT2D eigenvalue weighted by Crippen LogP contribution is 1.98. The second kappa shape index (κ2) is 19.1. The van der Waals surface area contributed by atoms with Crippen molar-refractivity contribution in [3.63, 3.8) is 0 Å². The fourth-order valence-electron chi connectivity index (χ4n) is 1.49.